The summed E-state index contributed by atoms with van der Waals surface area (Å²) in [6.45, 7) is 7.47. The molecule has 0 aliphatic carbocycles. The molecule has 1 unspecified atom stereocenters. The van der Waals surface area contributed by atoms with E-state index in [0.717, 1.165) is 73.7 Å². The first-order valence-corrected chi connectivity index (χ1v) is 12.0. The first kappa shape index (κ1) is 21.6. The number of aromatic nitrogens is 1. The summed E-state index contributed by atoms with van der Waals surface area (Å²) in [5.74, 6) is 2.47. The van der Waals surface area contributed by atoms with E-state index >= 15 is 0 Å². The summed E-state index contributed by atoms with van der Waals surface area (Å²) in [7, 11) is 1.69. The van der Waals surface area contributed by atoms with E-state index in [1.165, 1.54) is 12.1 Å². The van der Waals surface area contributed by atoms with Crippen LogP contribution in [0.1, 0.15) is 30.1 Å². The Balaban J connectivity index is 1.38. The number of likely N-dealkylation sites (tertiary alicyclic amines) is 1. The molecular weight excluding hydrogens is 412 g/mol. The number of anilines is 2. The number of amides is 1. The van der Waals surface area contributed by atoms with Crippen molar-refractivity contribution >= 4 is 28.3 Å². The fourth-order valence-electron chi connectivity index (χ4n) is 5.03. The highest BCUT2D eigenvalue weighted by atomic mass is 16.5. The minimum atomic E-state index is 0.137. The summed E-state index contributed by atoms with van der Waals surface area (Å²) >= 11 is 0. The molecule has 0 N–H and O–H groups in total. The van der Waals surface area contributed by atoms with Crippen LogP contribution >= 0.6 is 0 Å². The van der Waals surface area contributed by atoms with Gasteiger partial charge < -0.3 is 19.4 Å². The molecule has 1 amide bonds. The summed E-state index contributed by atoms with van der Waals surface area (Å²) in [6.07, 6.45) is 2.28. The average molecular weight is 445 g/mol. The number of para-hydroxylation sites is 1. The molecule has 3 aromatic rings. The van der Waals surface area contributed by atoms with Crippen LogP contribution in [0, 0.1) is 5.92 Å². The van der Waals surface area contributed by atoms with Crippen molar-refractivity contribution in [3.63, 3.8) is 0 Å². The van der Waals surface area contributed by atoms with Gasteiger partial charge in [0.25, 0.3) is 5.91 Å². The number of fused-ring (bicyclic) bond motifs is 1. The lowest BCUT2D eigenvalue weighted by molar-refractivity contribution is 0.0685. The maximum Gasteiger partial charge on any atom is 0.254 e. The zero-order chi connectivity index (χ0) is 22.8. The molecule has 2 aliphatic heterocycles. The fraction of sp³-hybridized carbons (Fsp3) is 0.407. The minimum Gasteiger partial charge on any atom is -0.497 e. The summed E-state index contributed by atoms with van der Waals surface area (Å²) < 4.78 is 5.28. The first-order chi connectivity index (χ1) is 16.1. The van der Waals surface area contributed by atoms with Gasteiger partial charge in [-0.1, -0.05) is 25.1 Å². The summed E-state index contributed by atoms with van der Waals surface area (Å²) in [5.41, 5.74) is 2.88. The predicted molar refractivity (Wildman–Crippen MR) is 133 cm³/mol. The Morgan fingerprint density at radius 3 is 2.42 bits per heavy atom. The topological polar surface area (TPSA) is 48.9 Å². The zero-order valence-electron chi connectivity index (χ0n) is 19.5. The Kier molecular flexibility index (Phi) is 6.07. The number of nitrogens with zero attached hydrogens (tertiary/aromatic N) is 4. The summed E-state index contributed by atoms with van der Waals surface area (Å²) in [6, 6.07) is 18.3. The van der Waals surface area contributed by atoms with Gasteiger partial charge in [-0.25, -0.2) is 4.98 Å². The molecular formula is C27H32N4O2. The molecule has 5 rings (SSSR count). The summed E-state index contributed by atoms with van der Waals surface area (Å²) in [5, 5.41) is 0.946. The maximum atomic E-state index is 13.5. The number of methoxy groups -OCH3 is 1. The smallest absolute Gasteiger partial charge is 0.254 e. The van der Waals surface area contributed by atoms with Gasteiger partial charge in [-0.3, -0.25) is 4.79 Å². The van der Waals surface area contributed by atoms with Crippen LogP contribution in [0.3, 0.4) is 0 Å². The monoisotopic (exact) mass is 444 g/mol. The molecule has 2 aliphatic rings. The van der Waals surface area contributed by atoms with Gasteiger partial charge in [0, 0.05) is 50.3 Å². The second-order valence-corrected chi connectivity index (χ2v) is 9.22. The van der Waals surface area contributed by atoms with Crippen molar-refractivity contribution in [2.75, 3.05) is 56.2 Å². The molecule has 3 heterocycles. The third kappa shape index (κ3) is 4.47. The van der Waals surface area contributed by atoms with Crippen LogP contribution < -0.4 is 14.5 Å². The molecule has 2 fully saturated rings. The standard InChI is InChI=1S/C27H32N4O2/c1-20-6-5-13-31(19-20)27(32)24-18-26(28-25-8-4-3-7-23(24)25)30-16-14-29(15-17-30)21-9-11-22(33-2)12-10-21/h3-4,7-12,18,20H,5-6,13-17,19H2,1-2H3. The van der Waals surface area contributed by atoms with Gasteiger partial charge in [-0.2, -0.15) is 0 Å². The number of hydrogen-bond donors (Lipinski definition) is 0. The van der Waals surface area contributed by atoms with E-state index in [-0.39, 0.29) is 5.91 Å². The van der Waals surface area contributed by atoms with Crippen molar-refractivity contribution in [3.8, 4) is 5.75 Å². The molecule has 0 spiro atoms. The van der Waals surface area contributed by atoms with Crippen molar-refractivity contribution in [3.05, 3.63) is 60.2 Å². The van der Waals surface area contributed by atoms with Gasteiger partial charge in [0.15, 0.2) is 0 Å². The number of rotatable bonds is 4. The van der Waals surface area contributed by atoms with Gasteiger partial charge >= 0.3 is 0 Å². The van der Waals surface area contributed by atoms with E-state index in [1.807, 2.05) is 47.4 Å². The molecule has 6 nitrogen and oxygen atoms in total. The largest absolute Gasteiger partial charge is 0.497 e. The Bertz CT molecular complexity index is 1120. The molecule has 0 radical (unpaired) electrons. The Morgan fingerprint density at radius 1 is 0.970 bits per heavy atom. The van der Waals surface area contributed by atoms with E-state index in [0.29, 0.717) is 5.92 Å². The van der Waals surface area contributed by atoms with Crippen LogP contribution in [-0.4, -0.2) is 62.2 Å². The van der Waals surface area contributed by atoms with Gasteiger partial charge in [0.1, 0.15) is 11.6 Å². The van der Waals surface area contributed by atoms with Crippen molar-refractivity contribution < 1.29 is 9.53 Å². The highest BCUT2D eigenvalue weighted by Crippen LogP contribution is 2.28. The second-order valence-electron chi connectivity index (χ2n) is 9.22. The molecule has 2 aromatic carbocycles. The zero-order valence-corrected chi connectivity index (χ0v) is 19.5. The second kappa shape index (κ2) is 9.30. The lowest BCUT2D eigenvalue weighted by atomic mass is 9.98. The van der Waals surface area contributed by atoms with E-state index in [9.17, 15) is 4.79 Å². The van der Waals surface area contributed by atoms with Crippen molar-refractivity contribution in [1.29, 1.82) is 0 Å². The third-order valence-electron chi connectivity index (χ3n) is 6.92. The first-order valence-electron chi connectivity index (χ1n) is 12.0. The number of piperidine rings is 1. The molecule has 1 aromatic heterocycles. The lowest BCUT2D eigenvalue weighted by Crippen LogP contribution is -2.47. The molecule has 33 heavy (non-hydrogen) atoms. The van der Waals surface area contributed by atoms with Crippen LogP contribution in [0.4, 0.5) is 11.5 Å². The number of piperazine rings is 1. The molecule has 172 valence electrons. The Morgan fingerprint density at radius 2 is 1.70 bits per heavy atom. The van der Waals surface area contributed by atoms with Crippen LogP contribution in [0.2, 0.25) is 0 Å². The van der Waals surface area contributed by atoms with Crippen molar-refractivity contribution in [2.45, 2.75) is 19.8 Å². The number of carbonyl (C=O) groups excluding carboxylic acids is 1. The maximum absolute atomic E-state index is 13.5. The minimum absolute atomic E-state index is 0.137. The lowest BCUT2D eigenvalue weighted by Gasteiger charge is -2.37. The van der Waals surface area contributed by atoms with Gasteiger partial charge in [0.05, 0.1) is 18.2 Å². The van der Waals surface area contributed by atoms with Gasteiger partial charge in [-0.15, -0.1) is 0 Å². The highest BCUT2D eigenvalue weighted by molar-refractivity contribution is 6.07. The normalized spacial score (nSPS) is 19.1. The summed E-state index contributed by atoms with van der Waals surface area (Å²) in [4.78, 5) is 25.2. The molecule has 0 saturated carbocycles. The third-order valence-corrected chi connectivity index (χ3v) is 6.92. The van der Waals surface area contributed by atoms with Gasteiger partial charge in [0.2, 0.25) is 0 Å². The molecule has 0 bridgehead atoms. The van der Waals surface area contributed by atoms with Crippen LogP contribution in [0.15, 0.2) is 54.6 Å². The number of hydrogen-bond acceptors (Lipinski definition) is 5. The van der Waals surface area contributed by atoms with Crippen LogP contribution in [-0.2, 0) is 0 Å². The van der Waals surface area contributed by atoms with Crippen LogP contribution in [0.5, 0.6) is 5.75 Å². The number of pyridine rings is 1. The predicted octanol–water partition coefficient (Wildman–Crippen LogP) is 4.44. The van der Waals surface area contributed by atoms with Crippen molar-refractivity contribution in [2.24, 2.45) is 5.92 Å². The Labute approximate surface area is 195 Å². The number of ether oxygens (including phenoxy) is 1. The fourth-order valence-corrected chi connectivity index (χ4v) is 5.03. The quantitative estimate of drug-likeness (QED) is 0.595. The van der Waals surface area contributed by atoms with Crippen LogP contribution in [0.25, 0.3) is 10.9 Å². The highest BCUT2D eigenvalue weighted by Gasteiger charge is 2.26. The molecule has 6 heteroatoms. The molecule has 1 atom stereocenters. The Hall–Kier alpha value is -3.28. The van der Waals surface area contributed by atoms with Crippen molar-refractivity contribution in [1.82, 2.24) is 9.88 Å². The van der Waals surface area contributed by atoms with E-state index < -0.39 is 0 Å². The van der Waals surface area contributed by atoms with E-state index in [1.54, 1.807) is 7.11 Å². The number of carbonyl (C=O) groups is 1. The van der Waals surface area contributed by atoms with Gasteiger partial charge in [-0.05, 0) is 55.2 Å². The molecule has 2 saturated heterocycles. The average Bonchev–Trinajstić information content (AvgIpc) is 2.88. The van der Waals surface area contributed by atoms with E-state index in [2.05, 4.69) is 28.9 Å². The SMILES string of the molecule is COc1ccc(N2CCN(c3cc(C(=O)N4CCCC(C)C4)c4ccccc4n3)CC2)cc1. The van der Waals surface area contributed by atoms with E-state index in [4.69, 9.17) is 9.72 Å². The number of benzene rings is 2.